The largest absolute Gasteiger partial charge is 0.495 e. The molecule has 3 heterocycles. The maximum Gasteiger partial charge on any atom is 0.266 e. The molecule has 0 amide bonds. The number of nitriles is 1. The number of piperazine rings is 1. The third kappa shape index (κ3) is 4.79. The third-order valence-electron chi connectivity index (χ3n) is 6.20. The number of para-hydroxylation sites is 1. The number of ether oxygens (including phenoxy) is 1. The fraction of sp³-hybridized carbons (Fsp3) is 0.231. The Labute approximate surface area is 223 Å². The van der Waals surface area contributed by atoms with E-state index in [9.17, 15) is 10.1 Å². The van der Waals surface area contributed by atoms with Gasteiger partial charge in [0.15, 0.2) is 0 Å². The molecule has 0 radical (unpaired) electrons. The summed E-state index contributed by atoms with van der Waals surface area (Å²) in [4.78, 5) is 24.4. The number of hydrogen-bond acceptors (Lipinski definition) is 8. The molecule has 0 saturated carbocycles. The minimum absolute atomic E-state index is 0.168. The van der Waals surface area contributed by atoms with E-state index in [0.717, 1.165) is 31.1 Å². The fourth-order valence-electron chi connectivity index (χ4n) is 4.45. The molecule has 0 spiro atoms. The number of nitrogens with zero attached hydrogens (tertiary/aromatic N) is 5. The Hall–Kier alpha value is -3.84. The van der Waals surface area contributed by atoms with Crippen molar-refractivity contribution in [2.45, 2.75) is 13.0 Å². The Balaban J connectivity index is 1.51. The number of fused-ring (bicyclic) bond motifs is 1. The highest BCUT2D eigenvalue weighted by Gasteiger charge is 2.20. The van der Waals surface area contributed by atoms with E-state index in [1.54, 1.807) is 25.3 Å². The van der Waals surface area contributed by atoms with E-state index in [1.165, 1.54) is 17.0 Å². The van der Waals surface area contributed by atoms with Crippen molar-refractivity contribution in [3.63, 3.8) is 0 Å². The number of pyridine rings is 1. The summed E-state index contributed by atoms with van der Waals surface area (Å²) >= 11 is 12.6. The van der Waals surface area contributed by atoms with Gasteiger partial charge in [0.2, 0.25) is 5.95 Å². The van der Waals surface area contributed by atoms with Crippen molar-refractivity contribution in [3.8, 4) is 17.5 Å². The molecule has 9 nitrogen and oxygen atoms in total. The van der Waals surface area contributed by atoms with Crippen molar-refractivity contribution in [1.29, 1.82) is 5.26 Å². The van der Waals surface area contributed by atoms with Gasteiger partial charge in [-0.2, -0.15) is 5.26 Å². The maximum absolute atomic E-state index is 13.3. The summed E-state index contributed by atoms with van der Waals surface area (Å²) in [6.07, 6.45) is 2.78. The lowest BCUT2D eigenvalue weighted by Crippen LogP contribution is -2.49. The molecule has 1 saturated heterocycles. The number of hydrogen-bond donors (Lipinski definition) is 2. The van der Waals surface area contributed by atoms with Crippen LogP contribution >= 0.6 is 23.2 Å². The smallest absolute Gasteiger partial charge is 0.266 e. The summed E-state index contributed by atoms with van der Waals surface area (Å²) in [6, 6.07) is 13.2. The highest BCUT2D eigenvalue weighted by Crippen LogP contribution is 2.33. The molecule has 1 atom stereocenters. The van der Waals surface area contributed by atoms with Crippen LogP contribution in [0.1, 0.15) is 12.5 Å². The van der Waals surface area contributed by atoms with Gasteiger partial charge in [-0.1, -0.05) is 29.3 Å². The first kappa shape index (κ1) is 24.8. The van der Waals surface area contributed by atoms with Crippen LogP contribution in [0.5, 0.6) is 5.75 Å². The monoisotopic (exact) mass is 535 g/mol. The molecule has 0 bridgehead atoms. The number of benzene rings is 2. The normalized spacial score (nSPS) is 15.4. The van der Waals surface area contributed by atoms with Crippen LogP contribution in [0.15, 0.2) is 53.6 Å². The molecule has 11 heteroatoms. The minimum Gasteiger partial charge on any atom is -0.495 e. The van der Waals surface area contributed by atoms with Crippen molar-refractivity contribution in [2.24, 2.45) is 0 Å². The lowest BCUT2D eigenvalue weighted by Gasteiger charge is -2.34. The van der Waals surface area contributed by atoms with Gasteiger partial charge in [-0.15, -0.1) is 0 Å². The van der Waals surface area contributed by atoms with Gasteiger partial charge in [0.1, 0.15) is 17.3 Å². The molecular formula is C26H23Cl2N7O2. The van der Waals surface area contributed by atoms with Crippen LogP contribution in [-0.4, -0.2) is 47.3 Å². The summed E-state index contributed by atoms with van der Waals surface area (Å²) < 4.78 is 6.91. The summed E-state index contributed by atoms with van der Waals surface area (Å²) in [5, 5.41) is 17.1. The standard InChI is InChI=1S/C26H23Cl2N7O2/c1-15-13-34(9-8-30-15)21-7-6-17(10-22(21)37-2)32-26-31-12-18-23(33-26)16(11-29)14-35(25(18)36)24-19(27)4-3-5-20(24)28/h3-7,10,12,14-15,30H,8-9,13H2,1-2H3,(H,31,32,33)/t15-/m1/s1. The zero-order valence-electron chi connectivity index (χ0n) is 20.1. The molecule has 2 aromatic heterocycles. The van der Waals surface area contributed by atoms with Gasteiger partial charge in [0.25, 0.3) is 5.56 Å². The van der Waals surface area contributed by atoms with Gasteiger partial charge >= 0.3 is 0 Å². The lowest BCUT2D eigenvalue weighted by molar-refractivity contribution is 0.410. The Morgan fingerprint density at radius 2 is 2.03 bits per heavy atom. The van der Waals surface area contributed by atoms with Crippen molar-refractivity contribution in [3.05, 3.63) is 74.8 Å². The Kier molecular flexibility index (Phi) is 6.89. The lowest BCUT2D eigenvalue weighted by atomic mass is 10.1. The predicted octanol–water partition coefficient (Wildman–Crippen LogP) is 4.51. The number of rotatable bonds is 5. The number of aromatic nitrogens is 3. The van der Waals surface area contributed by atoms with E-state index < -0.39 is 5.56 Å². The topological polar surface area (TPSA) is 108 Å². The number of nitrogens with one attached hydrogen (secondary N) is 2. The molecule has 2 N–H and O–H groups in total. The van der Waals surface area contributed by atoms with Gasteiger partial charge in [0, 0.05) is 49.8 Å². The Bertz CT molecular complexity index is 1580. The first-order valence-corrected chi connectivity index (χ1v) is 12.4. The van der Waals surface area contributed by atoms with Gasteiger partial charge in [-0.25, -0.2) is 9.97 Å². The number of anilines is 3. The van der Waals surface area contributed by atoms with E-state index in [-0.39, 0.29) is 32.5 Å². The highest BCUT2D eigenvalue weighted by atomic mass is 35.5. The molecule has 1 aliphatic heterocycles. The van der Waals surface area contributed by atoms with Crippen molar-refractivity contribution < 1.29 is 4.74 Å². The zero-order chi connectivity index (χ0) is 26.1. The molecular weight excluding hydrogens is 513 g/mol. The summed E-state index contributed by atoms with van der Waals surface area (Å²) in [5.74, 6) is 0.958. The molecule has 1 fully saturated rings. The van der Waals surface area contributed by atoms with Gasteiger partial charge < -0.3 is 20.3 Å². The minimum atomic E-state index is -0.438. The second kappa shape index (κ2) is 10.3. The first-order chi connectivity index (χ1) is 17.9. The second-order valence-electron chi connectivity index (χ2n) is 8.67. The van der Waals surface area contributed by atoms with Gasteiger partial charge in [-0.3, -0.25) is 9.36 Å². The molecule has 4 aromatic rings. The molecule has 5 rings (SSSR count). The molecule has 188 valence electrons. The van der Waals surface area contributed by atoms with E-state index in [1.807, 2.05) is 18.2 Å². The van der Waals surface area contributed by atoms with E-state index in [4.69, 9.17) is 27.9 Å². The van der Waals surface area contributed by atoms with Crippen LogP contribution < -0.4 is 25.8 Å². The van der Waals surface area contributed by atoms with E-state index in [2.05, 4.69) is 38.5 Å². The fourth-order valence-corrected chi connectivity index (χ4v) is 5.03. The molecule has 37 heavy (non-hydrogen) atoms. The molecule has 2 aromatic carbocycles. The van der Waals surface area contributed by atoms with Gasteiger partial charge in [-0.05, 0) is 31.2 Å². The molecule has 1 aliphatic rings. The van der Waals surface area contributed by atoms with Crippen molar-refractivity contribution in [2.75, 3.05) is 37.0 Å². The van der Waals surface area contributed by atoms with Crippen LogP contribution in [0, 0.1) is 11.3 Å². The average Bonchev–Trinajstić information content (AvgIpc) is 2.89. The highest BCUT2D eigenvalue weighted by molar-refractivity contribution is 6.37. The Morgan fingerprint density at radius 1 is 1.24 bits per heavy atom. The molecule has 0 aliphatic carbocycles. The SMILES string of the molecule is COc1cc(Nc2ncc3c(=O)n(-c4c(Cl)cccc4Cl)cc(C#N)c3n2)ccc1N1CCN[C@H](C)C1. The van der Waals surface area contributed by atoms with Crippen LogP contribution in [0.4, 0.5) is 17.3 Å². The predicted molar refractivity (Wildman–Crippen MR) is 146 cm³/mol. The van der Waals surface area contributed by atoms with Crippen LogP contribution in [-0.2, 0) is 0 Å². The second-order valence-corrected chi connectivity index (χ2v) is 9.48. The van der Waals surface area contributed by atoms with Crippen molar-refractivity contribution >= 4 is 51.4 Å². The number of methoxy groups -OCH3 is 1. The summed E-state index contributed by atoms with van der Waals surface area (Å²) in [6.45, 7) is 4.82. The van der Waals surface area contributed by atoms with E-state index >= 15 is 0 Å². The summed E-state index contributed by atoms with van der Waals surface area (Å²) in [7, 11) is 1.64. The number of halogens is 2. The quantitative estimate of drug-likeness (QED) is 0.384. The first-order valence-electron chi connectivity index (χ1n) is 11.6. The third-order valence-corrected chi connectivity index (χ3v) is 6.81. The van der Waals surface area contributed by atoms with Crippen molar-refractivity contribution in [1.82, 2.24) is 19.9 Å². The Morgan fingerprint density at radius 3 is 2.73 bits per heavy atom. The summed E-state index contributed by atoms with van der Waals surface area (Å²) in [5.41, 5.74) is 1.97. The van der Waals surface area contributed by atoms with Crippen LogP contribution in [0.25, 0.3) is 16.6 Å². The zero-order valence-corrected chi connectivity index (χ0v) is 21.6. The average molecular weight is 536 g/mol. The van der Waals surface area contributed by atoms with Gasteiger partial charge in [0.05, 0.1) is 39.5 Å². The molecule has 0 unspecified atom stereocenters. The maximum atomic E-state index is 13.3. The van der Waals surface area contributed by atoms with E-state index in [0.29, 0.717) is 17.4 Å². The van der Waals surface area contributed by atoms with Crippen LogP contribution in [0.2, 0.25) is 10.0 Å². The van der Waals surface area contributed by atoms with Crippen LogP contribution in [0.3, 0.4) is 0 Å².